The number of aryl methyl sites for hydroxylation is 2. The van der Waals surface area contributed by atoms with Crippen molar-refractivity contribution in [1.29, 1.82) is 0 Å². The number of pyridine rings is 1. The van der Waals surface area contributed by atoms with Crippen LogP contribution in [-0.2, 0) is 5.54 Å². The molecule has 1 aromatic carbocycles. The molecule has 1 atom stereocenters. The van der Waals surface area contributed by atoms with Gasteiger partial charge in [0.05, 0.1) is 17.2 Å². The van der Waals surface area contributed by atoms with Gasteiger partial charge >= 0.3 is 0 Å². The Kier molecular flexibility index (Phi) is 5.07. The molecule has 1 aliphatic rings. The zero-order valence-electron chi connectivity index (χ0n) is 16.6. The van der Waals surface area contributed by atoms with Crippen LogP contribution in [0.2, 0.25) is 0 Å². The van der Waals surface area contributed by atoms with E-state index in [-0.39, 0.29) is 0 Å². The van der Waals surface area contributed by atoms with Gasteiger partial charge < -0.3 is 15.8 Å². The summed E-state index contributed by atoms with van der Waals surface area (Å²) in [5.74, 6) is 1.18. The van der Waals surface area contributed by atoms with E-state index in [0.717, 1.165) is 38.0 Å². The highest BCUT2D eigenvalue weighted by molar-refractivity contribution is 7.15. The molecule has 3 N–H and O–H groups in total. The molecule has 0 bridgehead atoms. The smallest absolute Gasteiger partial charge is 0.194 e. The van der Waals surface area contributed by atoms with Crippen LogP contribution in [0.1, 0.15) is 28.6 Å². The van der Waals surface area contributed by atoms with Gasteiger partial charge in [0.25, 0.3) is 0 Å². The molecule has 6 nitrogen and oxygen atoms in total. The second kappa shape index (κ2) is 7.67. The first-order valence-electron chi connectivity index (χ1n) is 9.46. The van der Waals surface area contributed by atoms with E-state index in [0.29, 0.717) is 12.6 Å². The summed E-state index contributed by atoms with van der Waals surface area (Å²) in [6.45, 7) is 6.60. The quantitative estimate of drug-likeness (QED) is 0.672. The van der Waals surface area contributed by atoms with Crippen LogP contribution in [0.3, 0.4) is 0 Å². The van der Waals surface area contributed by atoms with Gasteiger partial charge in [-0.1, -0.05) is 18.2 Å². The van der Waals surface area contributed by atoms with E-state index in [1.165, 1.54) is 0 Å². The number of nitrogens with zero attached hydrogens (tertiary/aromatic N) is 3. The number of hydrogen-bond acceptors (Lipinski definition) is 7. The van der Waals surface area contributed by atoms with Crippen LogP contribution in [-0.4, -0.2) is 22.5 Å². The van der Waals surface area contributed by atoms with E-state index in [9.17, 15) is 0 Å². The van der Waals surface area contributed by atoms with Crippen molar-refractivity contribution >= 4 is 17.3 Å². The van der Waals surface area contributed by atoms with Crippen LogP contribution in [0.25, 0.3) is 10.6 Å². The third-order valence-corrected chi connectivity index (χ3v) is 6.15. The summed E-state index contributed by atoms with van der Waals surface area (Å²) in [5, 5.41) is 3.88. The molecule has 148 valence electrons. The summed E-state index contributed by atoms with van der Waals surface area (Å²) in [6.07, 6.45) is 7.44. The van der Waals surface area contributed by atoms with Crippen molar-refractivity contribution in [1.82, 2.24) is 15.3 Å². The lowest BCUT2D eigenvalue weighted by Gasteiger charge is -2.31. The predicted octanol–water partition coefficient (Wildman–Crippen LogP) is 3.90. The molecule has 1 unspecified atom stereocenters. The third kappa shape index (κ3) is 3.38. The number of guanidine groups is 1. The first kappa shape index (κ1) is 19.1. The van der Waals surface area contributed by atoms with Crippen molar-refractivity contribution in [2.24, 2.45) is 10.7 Å². The van der Waals surface area contributed by atoms with Crippen LogP contribution in [0.4, 0.5) is 0 Å². The van der Waals surface area contributed by atoms with Crippen LogP contribution < -0.4 is 15.8 Å². The average Bonchev–Trinajstić information content (AvgIpc) is 3.12. The topological polar surface area (TPSA) is 85.4 Å². The number of thiazole rings is 1. The van der Waals surface area contributed by atoms with Crippen molar-refractivity contribution in [3.05, 3.63) is 76.7 Å². The molecule has 7 heteroatoms. The highest BCUT2D eigenvalue weighted by atomic mass is 32.1. The van der Waals surface area contributed by atoms with Crippen LogP contribution >= 0.6 is 11.3 Å². The molecule has 0 radical (unpaired) electrons. The van der Waals surface area contributed by atoms with Gasteiger partial charge in [-0.05, 0) is 44.5 Å². The number of benzene rings is 1. The van der Waals surface area contributed by atoms with E-state index in [4.69, 9.17) is 20.4 Å². The maximum atomic E-state index is 6.14. The summed E-state index contributed by atoms with van der Waals surface area (Å²) in [4.78, 5) is 14.9. The molecule has 0 saturated carbocycles. The van der Waals surface area contributed by atoms with Gasteiger partial charge in [0.2, 0.25) is 0 Å². The van der Waals surface area contributed by atoms with Crippen LogP contribution in [0, 0.1) is 13.8 Å². The minimum absolute atomic E-state index is 0.354. The Labute approximate surface area is 174 Å². The normalized spacial score (nSPS) is 18.2. The summed E-state index contributed by atoms with van der Waals surface area (Å²) >= 11 is 1.60. The van der Waals surface area contributed by atoms with Gasteiger partial charge in [0.1, 0.15) is 16.3 Å². The third-order valence-electron chi connectivity index (χ3n) is 4.82. The second-order valence-electron chi connectivity index (χ2n) is 6.80. The first-order chi connectivity index (χ1) is 14.0. The Balaban J connectivity index is 1.97. The zero-order chi connectivity index (χ0) is 20.4. The molecule has 0 spiro atoms. The van der Waals surface area contributed by atoms with Gasteiger partial charge in [-0.2, -0.15) is 0 Å². The van der Waals surface area contributed by atoms with Crippen LogP contribution in [0.5, 0.6) is 5.75 Å². The monoisotopic (exact) mass is 405 g/mol. The molecule has 1 aliphatic heterocycles. The molecule has 3 aromatic rings. The number of rotatable bonds is 5. The molecular weight excluding hydrogens is 382 g/mol. The number of ether oxygens (including phenoxy) is 1. The maximum Gasteiger partial charge on any atom is 0.194 e. The Morgan fingerprint density at radius 2 is 2.07 bits per heavy atom. The minimum atomic E-state index is -0.811. The number of hydrogen-bond donors (Lipinski definition) is 2. The van der Waals surface area contributed by atoms with Crippen molar-refractivity contribution in [3.8, 4) is 16.3 Å². The number of para-hydroxylation sites is 1. The van der Waals surface area contributed by atoms with E-state index in [1.54, 1.807) is 17.5 Å². The van der Waals surface area contributed by atoms with Gasteiger partial charge in [-0.3, -0.25) is 4.98 Å². The lowest BCUT2D eigenvalue weighted by atomic mass is 9.85. The molecule has 29 heavy (non-hydrogen) atoms. The van der Waals surface area contributed by atoms with E-state index in [1.807, 2.05) is 69.6 Å². The Hall–Kier alpha value is -3.19. The Morgan fingerprint density at radius 1 is 1.21 bits per heavy atom. The molecule has 0 saturated heterocycles. The highest BCUT2D eigenvalue weighted by Crippen LogP contribution is 2.47. The SMILES string of the molecule is CCOc1c(C)cccc1C1(c2sc(-c3cccnc3)nc2C)C=CNC(N)=N1. The fourth-order valence-corrected chi connectivity index (χ4v) is 4.74. The van der Waals surface area contributed by atoms with Crippen molar-refractivity contribution < 1.29 is 4.74 Å². The molecule has 0 fully saturated rings. The maximum absolute atomic E-state index is 6.14. The van der Waals surface area contributed by atoms with Crippen molar-refractivity contribution in [2.45, 2.75) is 26.3 Å². The lowest BCUT2D eigenvalue weighted by Crippen LogP contribution is -2.38. The van der Waals surface area contributed by atoms with Gasteiger partial charge in [-0.15, -0.1) is 11.3 Å². The van der Waals surface area contributed by atoms with Crippen LogP contribution in [0.15, 0.2) is 60.0 Å². The van der Waals surface area contributed by atoms with Crippen molar-refractivity contribution in [2.75, 3.05) is 6.61 Å². The number of aromatic nitrogens is 2. The number of aliphatic imine (C=N–C) groups is 1. The first-order valence-corrected chi connectivity index (χ1v) is 10.3. The fourth-order valence-electron chi connectivity index (χ4n) is 3.56. The Morgan fingerprint density at radius 3 is 2.79 bits per heavy atom. The molecular formula is C22H23N5OS. The molecule has 0 amide bonds. The average molecular weight is 406 g/mol. The molecule has 4 rings (SSSR count). The number of nitrogens with one attached hydrogen (secondary N) is 1. The standard InChI is InChI=1S/C22H23N5OS/c1-4-28-18-14(2)7-5-9-17(18)22(10-12-25-21(23)27-22)19-15(3)26-20(29-19)16-8-6-11-24-13-16/h5-13H,4H2,1-3H3,(H3,23,25,27). The highest BCUT2D eigenvalue weighted by Gasteiger charge is 2.40. The van der Waals surface area contributed by atoms with Gasteiger partial charge in [0.15, 0.2) is 5.96 Å². The molecule has 2 aromatic heterocycles. The summed E-state index contributed by atoms with van der Waals surface area (Å²) in [6, 6.07) is 10.0. The zero-order valence-corrected chi connectivity index (χ0v) is 17.5. The number of nitrogens with two attached hydrogens (primary N) is 1. The van der Waals surface area contributed by atoms with E-state index < -0.39 is 5.54 Å². The summed E-state index contributed by atoms with van der Waals surface area (Å²) in [7, 11) is 0. The molecule has 3 heterocycles. The summed E-state index contributed by atoms with van der Waals surface area (Å²) in [5.41, 5.74) is 9.21. The predicted molar refractivity (Wildman–Crippen MR) is 117 cm³/mol. The minimum Gasteiger partial charge on any atom is -0.493 e. The Bertz CT molecular complexity index is 1090. The van der Waals surface area contributed by atoms with Gasteiger partial charge in [0, 0.05) is 29.7 Å². The fraction of sp³-hybridized carbons (Fsp3) is 0.227. The largest absolute Gasteiger partial charge is 0.493 e. The van der Waals surface area contributed by atoms with Gasteiger partial charge in [-0.25, -0.2) is 9.98 Å². The van der Waals surface area contributed by atoms with Crippen molar-refractivity contribution in [3.63, 3.8) is 0 Å². The van der Waals surface area contributed by atoms with E-state index >= 15 is 0 Å². The summed E-state index contributed by atoms with van der Waals surface area (Å²) < 4.78 is 6.04. The van der Waals surface area contributed by atoms with E-state index in [2.05, 4.69) is 10.3 Å². The molecule has 0 aliphatic carbocycles. The lowest BCUT2D eigenvalue weighted by molar-refractivity contribution is 0.330. The second-order valence-corrected chi connectivity index (χ2v) is 7.80.